The van der Waals surface area contributed by atoms with Gasteiger partial charge in [-0.15, -0.1) is 0 Å². The third-order valence-corrected chi connectivity index (χ3v) is 3.88. The van der Waals surface area contributed by atoms with Gasteiger partial charge in [0.05, 0.1) is 7.11 Å². The third-order valence-electron chi connectivity index (χ3n) is 3.88. The second-order valence-corrected chi connectivity index (χ2v) is 4.71. The van der Waals surface area contributed by atoms with Crippen LogP contribution in [0.4, 0.5) is 10.6 Å². The number of pyridine rings is 1. The van der Waals surface area contributed by atoms with Crippen LogP contribution in [0.1, 0.15) is 37.2 Å². The normalized spacial score (nSPS) is 26.3. The van der Waals surface area contributed by atoms with Crippen LogP contribution in [0.5, 0.6) is 0 Å². The Morgan fingerprint density at radius 1 is 1.47 bits per heavy atom. The SMILES string of the molecule is COC(=O)N1c2ncccc2[C@H]2CCCC[C@@H]21. The molecule has 3 rings (SSSR count). The smallest absolute Gasteiger partial charge is 0.415 e. The molecule has 4 heteroatoms. The maximum atomic E-state index is 11.9. The molecule has 90 valence electrons. The van der Waals surface area contributed by atoms with Crippen molar-refractivity contribution in [1.29, 1.82) is 0 Å². The van der Waals surface area contributed by atoms with Crippen LogP contribution in [0, 0.1) is 0 Å². The maximum Gasteiger partial charge on any atom is 0.415 e. The summed E-state index contributed by atoms with van der Waals surface area (Å²) in [5.74, 6) is 1.25. The second kappa shape index (κ2) is 4.02. The van der Waals surface area contributed by atoms with Gasteiger partial charge < -0.3 is 4.74 Å². The molecule has 1 aliphatic carbocycles. The Bertz CT molecular complexity index is 447. The minimum absolute atomic E-state index is 0.251. The Balaban J connectivity index is 2.05. The Hall–Kier alpha value is -1.58. The van der Waals surface area contributed by atoms with E-state index in [1.807, 2.05) is 6.07 Å². The van der Waals surface area contributed by atoms with Gasteiger partial charge in [-0.3, -0.25) is 4.90 Å². The summed E-state index contributed by atoms with van der Waals surface area (Å²) in [7, 11) is 1.43. The van der Waals surface area contributed by atoms with Gasteiger partial charge >= 0.3 is 6.09 Å². The number of amides is 1. The van der Waals surface area contributed by atoms with E-state index < -0.39 is 0 Å². The number of aromatic nitrogens is 1. The highest BCUT2D eigenvalue weighted by Crippen LogP contribution is 2.46. The number of ether oxygens (including phenoxy) is 1. The number of methoxy groups -OCH3 is 1. The van der Waals surface area contributed by atoms with Crippen molar-refractivity contribution in [2.45, 2.75) is 37.6 Å². The van der Waals surface area contributed by atoms with Crippen molar-refractivity contribution in [3.8, 4) is 0 Å². The molecule has 4 nitrogen and oxygen atoms in total. The lowest BCUT2D eigenvalue weighted by Gasteiger charge is -2.30. The molecule has 1 aliphatic heterocycles. The summed E-state index contributed by atoms with van der Waals surface area (Å²) in [5.41, 5.74) is 1.21. The molecule has 0 unspecified atom stereocenters. The summed E-state index contributed by atoms with van der Waals surface area (Å²) >= 11 is 0. The summed E-state index contributed by atoms with van der Waals surface area (Å²) in [6, 6.07) is 4.29. The summed E-state index contributed by atoms with van der Waals surface area (Å²) in [5, 5.41) is 0. The van der Waals surface area contributed by atoms with Crippen LogP contribution in [0.3, 0.4) is 0 Å². The highest BCUT2D eigenvalue weighted by Gasteiger charge is 2.43. The molecule has 0 radical (unpaired) electrons. The monoisotopic (exact) mass is 232 g/mol. The third kappa shape index (κ3) is 1.51. The van der Waals surface area contributed by atoms with Crippen molar-refractivity contribution in [1.82, 2.24) is 4.98 Å². The fraction of sp³-hybridized carbons (Fsp3) is 0.538. The largest absolute Gasteiger partial charge is 0.452 e. The topological polar surface area (TPSA) is 42.4 Å². The Labute approximate surface area is 101 Å². The molecule has 0 aromatic carbocycles. The van der Waals surface area contributed by atoms with E-state index in [4.69, 9.17) is 4.74 Å². The second-order valence-electron chi connectivity index (χ2n) is 4.71. The van der Waals surface area contributed by atoms with Crippen LogP contribution in [0.15, 0.2) is 18.3 Å². The van der Waals surface area contributed by atoms with Crippen molar-refractivity contribution >= 4 is 11.9 Å². The molecule has 1 fully saturated rings. The molecule has 0 spiro atoms. The molecule has 1 aromatic rings. The number of nitrogens with zero attached hydrogens (tertiary/aromatic N) is 2. The number of hydrogen-bond donors (Lipinski definition) is 0. The zero-order valence-corrected chi connectivity index (χ0v) is 9.93. The van der Waals surface area contributed by atoms with Gasteiger partial charge in [-0.05, 0) is 18.9 Å². The van der Waals surface area contributed by atoms with Crippen molar-refractivity contribution in [3.05, 3.63) is 23.9 Å². The van der Waals surface area contributed by atoms with Gasteiger partial charge in [-0.1, -0.05) is 18.9 Å². The van der Waals surface area contributed by atoms with Crippen LogP contribution in [-0.2, 0) is 4.74 Å². The first-order valence-electron chi connectivity index (χ1n) is 6.15. The molecule has 0 N–H and O–H groups in total. The minimum Gasteiger partial charge on any atom is -0.452 e. The van der Waals surface area contributed by atoms with Crippen LogP contribution in [-0.4, -0.2) is 24.2 Å². The summed E-state index contributed by atoms with van der Waals surface area (Å²) in [4.78, 5) is 18.0. The van der Waals surface area contributed by atoms with E-state index in [0.29, 0.717) is 5.92 Å². The predicted octanol–water partition coefficient (Wildman–Crippen LogP) is 2.69. The van der Waals surface area contributed by atoms with E-state index in [-0.39, 0.29) is 12.1 Å². The van der Waals surface area contributed by atoms with Crippen LogP contribution in [0.25, 0.3) is 0 Å². The summed E-state index contributed by atoms with van der Waals surface area (Å²) < 4.78 is 4.89. The van der Waals surface area contributed by atoms with Gasteiger partial charge in [0.1, 0.15) is 5.82 Å². The first-order valence-corrected chi connectivity index (χ1v) is 6.15. The van der Waals surface area contributed by atoms with Gasteiger partial charge in [0.15, 0.2) is 0 Å². The van der Waals surface area contributed by atoms with Crippen LogP contribution < -0.4 is 4.90 Å². The van der Waals surface area contributed by atoms with E-state index >= 15 is 0 Å². The summed E-state index contributed by atoms with van der Waals surface area (Å²) in [6.07, 6.45) is 6.09. The lowest BCUT2D eigenvalue weighted by atomic mass is 9.83. The van der Waals surface area contributed by atoms with Crippen LogP contribution in [0.2, 0.25) is 0 Å². The first kappa shape index (κ1) is 10.6. The van der Waals surface area contributed by atoms with E-state index in [1.54, 1.807) is 11.1 Å². The number of carbonyl (C=O) groups excluding carboxylic acids is 1. The van der Waals surface area contributed by atoms with Crippen molar-refractivity contribution in [2.75, 3.05) is 12.0 Å². The Morgan fingerprint density at radius 3 is 3.12 bits per heavy atom. The lowest BCUT2D eigenvalue weighted by Crippen LogP contribution is -2.40. The van der Waals surface area contributed by atoms with Gasteiger partial charge in [0.25, 0.3) is 0 Å². The number of fused-ring (bicyclic) bond motifs is 3. The Morgan fingerprint density at radius 2 is 2.29 bits per heavy atom. The van der Waals surface area contributed by atoms with Gasteiger partial charge in [0, 0.05) is 23.7 Å². The molecule has 1 amide bonds. The lowest BCUT2D eigenvalue weighted by molar-refractivity contribution is 0.173. The fourth-order valence-electron chi connectivity index (χ4n) is 3.16. The molecule has 0 bridgehead atoms. The molecule has 17 heavy (non-hydrogen) atoms. The van der Waals surface area contributed by atoms with Gasteiger partial charge in [-0.2, -0.15) is 0 Å². The highest BCUT2D eigenvalue weighted by atomic mass is 16.5. The molecule has 0 saturated heterocycles. The predicted molar refractivity (Wildman–Crippen MR) is 64.1 cm³/mol. The number of hydrogen-bond acceptors (Lipinski definition) is 3. The average Bonchev–Trinajstić information content (AvgIpc) is 2.72. The minimum atomic E-state index is -0.278. The molecule has 2 aliphatic rings. The zero-order valence-electron chi connectivity index (χ0n) is 9.93. The van der Waals surface area contributed by atoms with E-state index in [0.717, 1.165) is 18.7 Å². The molecule has 1 saturated carbocycles. The first-order chi connectivity index (χ1) is 8.33. The number of carbonyl (C=O) groups is 1. The molecular formula is C13H16N2O2. The van der Waals surface area contributed by atoms with Crippen molar-refractivity contribution in [2.24, 2.45) is 0 Å². The molecule has 2 heterocycles. The maximum absolute atomic E-state index is 11.9. The number of rotatable bonds is 0. The molecule has 2 atom stereocenters. The quantitative estimate of drug-likeness (QED) is 0.690. The standard InChI is InChI=1S/C13H16N2O2/c1-17-13(16)15-11-7-3-2-5-9(11)10-6-4-8-14-12(10)15/h4,6,8-9,11H,2-3,5,7H2,1H3/t9-,11+/m1/s1. The van der Waals surface area contributed by atoms with E-state index in [9.17, 15) is 4.79 Å². The fourth-order valence-corrected chi connectivity index (χ4v) is 3.16. The van der Waals surface area contributed by atoms with Gasteiger partial charge in [0.2, 0.25) is 0 Å². The average molecular weight is 232 g/mol. The number of anilines is 1. The molecular weight excluding hydrogens is 216 g/mol. The van der Waals surface area contributed by atoms with Crippen LogP contribution >= 0.6 is 0 Å². The molecule has 1 aromatic heterocycles. The Kier molecular flexibility index (Phi) is 2.50. The van der Waals surface area contributed by atoms with Gasteiger partial charge in [-0.25, -0.2) is 9.78 Å². The summed E-state index contributed by atoms with van der Waals surface area (Å²) in [6.45, 7) is 0. The van der Waals surface area contributed by atoms with E-state index in [2.05, 4.69) is 11.1 Å². The van der Waals surface area contributed by atoms with Crippen molar-refractivity contribution < 1.29 is 9.53 Å². The van der Waals surface area contributed by atoms with Crippen molar-refractivity contribution in [3.63, 3.8) is 0 Å². The van der Waals surface area contributed by atoms with E-state index in [1.165, 1.54) is 25.5 Å². The zero-order chi connectivity index (χ0) is 11.8. The highest BCUT2D eigenvalue weighted by molar-refractivity contribution is 5.90.